The molecule has 9 heteroatoms. The van der Waals surface area contributed by atoms with Crippen molar-refractivity contribution >= 4 is 29.5 Å². The Labute approximate surface area is 136 Å². The number of aromatic nitrogens is 2. The van der Waals surface area contributed by atoms with E-state index in [2.05, 4.69) is 10.4 Å². The summed E-state index contributed by atoms with van der Waals surface area (Å²) in [7, 11) is 1.71. The summed E-state index contributed by atoms with van der Waals surface area (Å²) in [4.78, 5) is 37.2. The molecule has 122 valence electrons. The number of hydrogen-bond donors (Lipinski definition) is 2. The Morgan fingerprint density at radius 1 is 1.43 bits per heavy atom. The van der Waals surface area contributed by atoms with Gasteiger partial charge in [0.15, 0.2) is 0 Å². The summed E-state index contributed by atoms with van der Waals surface area (Å²) in [5.41, 5.74) is 1.67. The van der Waals surface area contributed by atoms with Crippen LogP contribution in [-0.4, -0.2) is 54.7 Å². The van der Waals surface area contributed by atoms with Crippen LogP contribution in [0.25, 0.3) is 0 Å². The van der Waals surface area contributed by atoms with E-state index in [0.717, 1.165) is 0 Å². The molecule has 3 heterocycles. The second-order valence-corrected chi connectivity index (χ2v) is 6.70. The minimum atomic E-state index is -1.12. The van der Waals surface area contributed by atoms with Crippen LogP contribution in [0.15, 0.2) is 17.5 Å². The van der Waals surface area contributed by atoms with Crippen LogP contribution in [-0.2, 0) is 16.6 Å². The molecule has 2 unspecified atom stereocenters. The van der Waals surface area contributed by atoms with Gasteiger partial charge in [-0.25, -0.2) is 4.79 Å². The first-order valence-corrected chi connectivity index (χ1v) is 8.05. The Balaban J connectivity index is 1.78. The minimum absolute atomic E-state index is 0.0295. The molecule has 0 radical (unpaired) electrons. The van der Waals surface area contributed by atoms with Gasteiger partial charge in [0.1, 0.15) is 17.1 Å². The third-order valence-electron chi connectivity index (χ3n) is 3.91. The smallest absolute Gasteiger partial charge is 0.352 e. The Morgan fingerprint density at radius 2 is 2.13 bits per heavy atom. The first-order valence-electron chi connectivity index (χ1n) is 7.00. The number of β-lactam (4-membered cyclic amide) rings is 1. The van der Waals surface area contributed by atoms with E-state index in [1.165, 1.54) is 21.3 Å². The highest BCUT2D eigenvalue weighted by molar-refractivity contribution is 8.00. The fraction of sp³-hybridized carbons (Fsp3) is 0.429. The number of aliphatic carboxylic acids is 1. The summed E-state index contributed by atoms with van der Waals surface area (Å²) >= 11 is 1.45. The molecule has 1 saturated heterocycles. The fourth-order valence-electron chi connectivity index (χ4n) is 2.82. The molecule has 8 nitrogen and oxygen atoms in total. The van der Waals surface area contributed by atoms with E-state index in [-0.39, 0.29) is 17.0 Å². The van der Waals surface area contributed by atoms with Gasteiger partial charge >= 0.3 is 5.97 Å². The normalized spacial score (nSPS) is 23.4. The van der Waals surface area contributed by atoms with Gasteiger partial charge in [0, 0.05) is 19.0 Å². The molecule has 2 N–H and O–H groups in total. The van der Waals surface area contributed by atoms with Crippen molar-refractivity contribution in [3.63, 3.8) is 0 Å². The number of carboxylic acids is 1. The van der Waals surface area contributed by atoms with Crippen molar-refractivity contribution in [1.29, 1.82) is 0 Å². The van der Waals surface area contributed by atoms with E-state index in [9.17, 15) is 19.5 Å². The average molecular weight is 336 g/mol. The number of rotatable bonds is 3. The summed E-state index contributed by atoms with van der Waals surface area (Å²) in [6, 6.07) is -0.713. The van der Waals surface area contributed by atoms with Gasteiger partial charge in [0.2, 0.25) is 0 Å². The highest BCUT2D eigenvalue weighted by Gasteiger charge is 2.53. The zero-order chi connectivity index (χ0) is 16.9. The van der Waals surface area contributed by atoms with Crippen LogP contribution in [0.1, 0.15) is 23.0 Å². The van der Waals surface area contributed by atoms with Crippen molar-refractivity contribution in [3.05, 3.63) is 28.7 Å². The molecule has 1 aromatic heterocycles. The highest BCUT2D eigenvalue weighted by atomic mass is 32.2. The standard InChI is InChI=1S/C14H16N4O4S/c1-6-5-23-13-9(12(20)18(13)10(6)14(21)22)15-11(19)8-4-17(3)16-7(8)2/h4,9,13H,5H2,1-3H3,(H,15,19)(H,21,22). The van der Waals surface area contributed by atoms with E-state index >= 15 is 0 Å². The van der Waals surface area contributed by atoms with Crippen LogP contribution in [0.4, 0.5) is 0 Å². The number of carboxylic acid groups (broad SMARTS) is 1. The van der Waals surface area contributed by atoms with Crippen molar-refractivity contribution in [2.24, 2.45) is 7.05 Å². The van der Waals surface area contributed by atoms with Gasteiger partial charge in [-0.15, -0.1) is 11.8 Å². The van der Waals surface area contributed by atoms with Crippen molar-refractivity contribution in [2.45, 2.75) is 25.3 Å². The molecule has 1 fully saturated rings. The molecule has 0 saturated carbocycles. The van der Waals surface area contributed by atoms with Crippen molar-refractivity contribution < 1.29 is 19.5 Å². The van der Waals surface area contributed by atoms with Gasteiger partial charge in [-0.2, -0.15) is 5.10 Å². The van der Waals surface area contributed by atoms with Crippen LogP contribution in [0.5, 0.6) is 0 Å². The molecule has 2 aliphatic rings. The van der Waals surface area contributed by atoms with Crippen molar-refractivity contribution in [2.75, 3.05) is 5.75 Å². The number of thioether (sulfide) groups is 1. The third-order valence-corrected chi connectivity index (χ3v) is 5.33. The summed E-state index contributed by atoms with van der Waals surface area (Å²) in [5.74, 6) is -1.37. The van der Waals surface area contributed by atoms with Crippen LogP contribution in [0.2, 0.25) is 0 Å². The van der Waals surface area contributed by atoms with E-state index < -0.39 is 17.9 Å². The quantitative estimate of drug-likeness (QED) is 0.759. The largest absolute Gasteiger partial charge is 0.477 e. The fourth-order valence-corrected chi connectivity index (χ4v) is 4.11. The SMILES string of the molecule is CC1=C(C(=O)O)N2C(=O)C(NC(=O)c3cn(C)nc3C)C2SC1. The topological polar surface area (TPSA) is 105 Å². The highest BCUT2D eigenvalue weighted by Crippen LogP contribution is 2.40. The molecule has 2 amide bonds. The first-order chi connectivity index (χ1) is 10.8. The first kappa shape index (κ1) is 15.6. The van der Waals surface area contributed by atoms with Crippen LogP contribution in [0, 0.1) is 6.92 Å². The molecule has 23 heavy (non-hydrogen) atoms. The van der Waals surface area contributed by atoms with E-state index in [1.54, 1.807) is 27.1 Å². The zero-order valence-electron chi connectivity index (χ0n) is 12.9. The molecule has 3 rings (SSSR count). The van der Waals surface area contributed by atoms with Crippen LogP contribution < -0.4 is 5.32 Å². The average Bonchev–Trinajstić information content (AvgIpc) is 2.82. The summed E-state index contributed by atoms with van der Waals surface area (Å²) in [5, 5.41) is 15.7. The summed E-state index contributed by atoms with van der Waals surface area (Å²) in [6.45, 7) is 3.42. The molecule has 2 aliphatic heterocycles. The Kier molecular flexibility index (Phi) is 3.67. The monoisotopic (exact) mass is 336 g/mol. The predicted octanol–water partition coefficient (Wildman–Crippen LogP) is 0.101. The van der Waals surface area contributed by atoms with Crippen molar-refractivity contribution in [3.8, 4) is 0 Å². The Morgan fingerprint density at radius 3 is 2.70 bits per heavy atom. The van der Waals surface area contributed by atoms with Crippen LogP contribution >= 0.6 is 11.8 Å². The molecular weight excluding hydrogens is 320 g/mol. The van der Waals surface area contributed by atoms with Gasteiger partial charge in [-0.3, -0.25) is 19.2 Å². The van der Waals surface area contributed by atoms with Gasteiger partial charge < -0.3 is 10.4 Å². The number of carbonyl (C=O) groups is 3. The molecular formula is C14H16N4O4S. The number of nitrogens with one attached hydrogen (secondary N) is 1. The number of aryl methyl sites for hydroxylation is 2. The number of fused-ring (bicyclic) bond motifs is 1. The Bertz CT molecular complexity index is 754. The molecule has 0 bridgehead atoms. The lowest BCUT2D eigenvalue weighted by molar-refractivity contribution is -0.148. The predicted molar refractivity (Wildman–Crippen MR) is 82.6 cm³/mol. The van der Waals surface area contributed by atoms with E-state index in [1.807, 2.05) is 0 Å². The van der Waals surface area contributed by atoms with E-state index in [0.29, 0.717) is 22.6 Å². The maximum atomic E-state index is 12.3. The summed E-state index contributed by atoms with van der Waals surface area (Å²) in [6.07, 6.45) is 1.59. The second kappa shape index (κ2) is 5.41. The molecule has 2 atom stereocenters. The lowest BCUT2D eigenvalue weighted by Crippen LogP contribution is -2.70. The zero-order valence-corrected chi connectivity index (χ0v) is 13.7. The number of carbonyl (C=O) groups excluding carboxylic acids is 2. The van der Waals surface area contributed by atoms with Crippen molar-refractivity contribution in [1.82, 2.24) is 20.0 Å². The molecule has 1 aromatic rings. The number of amides is 2. The van der Waals surface area contributed by atoms with Gasteiger partial charge in [-0.05, 0) is 19.4 Å². The minimum Gasteiger partial charge on any atom is -0.477 e. The second-order valence-electron chi connectivity index (χ2n) is 5.60. The Hall–Kier alpha value is -2.29. The number of nitrogens with zero attached hydrogens (tertiary/aromatic N) is 3. The third kappa shape index (κ3) is 2.40. The molecule has 0 aliphatic carbocycles. The van der Waals surface area contributed by atoms with Gasteiger partial charge in [0.25, 0.3) is 11.8 Å². The summed E-state index contributed by atoms with van der Waals surface area (Å²) < 4.78 is 1.53. The number of hydrogen-bond acceptors (Lipinski definition) is 5. The maximum Gasteiger partial charge on any atom is 0.352 e. The molecule has 0 aromatic carbocycles. The maximum absolute atomic E-state index is 12.3. The van der Waals surface area contributed by atoms with Gasteiger partial charge in [0.05, 0.1) is 11.3 Å². The lowest BCUT2D eigenvalue weighted by Gasteiger charge is -2.49. The lowest BCUT2D eigenvalue weighted by atomic mass is 10.0. The van der Waals surface area contributed by atoms with E-state index in [4.69, 9.17) is 0 Å². The van der Waals surface area contributed by atoms with Gasteiger partial charge in [-0.1, -0.05) is 0 Å². The van der Waals surface area contributed by atoms with Crippen LogP contribution in [0.3, 0.4) is 0 Å². The molecule has 0 spiro atoms.